The van der Waals surface area contributed by atoms with Crippen molar-refractivity contribution in [2.75, 3.05) is 12.9 Å². The van der Waals surface area contributed by atoms with Crippen molar-refractivity contribution < 1.29 is 27.2 Å². The lowest BCUT2D eigenvalue weighted by molar-refractivity contribution is 0.0286. The van der Waals surface area contributed by atoms with Gasteiger partial charge in [-0.05, 0) is 18.1 Å². The fraction of sp³-hybridized carbons (Fsp3) is 0.227. The monoisotopic (exact) mass is 458 g/mol. The quantitative estimate of drug-likeness (QED) is 0.387. The van der Waals surface area contributed by atoms with E-state index in [0.29, 0.717) is 0 Å². The lowest BCUT2D eigenvalue weighted by atomic mass is 9.86. The van der Waals surface area contributed by atoms with Crippen LogP contribution in [0.4, 0.5) is 0 Å². The number of aryl methyl sites for hydroxylation is 1. The number of carbonyl (C=O) groups is 1. The Morgan fingerprint density at radius 2 is 1.81 bits per heavy atom. The zero-order chi connectivity index (χ0) is 23.3. The van der Waals surface area contributed by atoms with Gasteiger partial charge in [-0.3, -0.25) is 14.1 Å². The van der Waals surface area contributed by atoms with E-state index in [-0.39, 0.29) is 0 Å². The lowest BCUT2D eigenvalue weighted by Crippen LogP contribution is -2.33. The molecule has 0 saturated heterocycles. The predicted octanol–water partition coefficient (Wildman–Crippen LogP) is 2.12. The summed E-state index contributed by atoms with van der Waals surface area (Å²) < 4.78 is 34.6. The number of rotatable bonds is 8. The van der Waals surface area contributed by atoms with Crippen molar-refractivity contribution in [1.82, 2.24) is 10.2 Å². The van der Waals surface area contributed by atoms with Crippen LogP contribution >= 0.6 is 0 Å². The number of hydrogen-bond donors (Lipinski definition) is 2. The van der Waals surface area contributed by atoms with E-state index in [1.165, 1.54) is 0 Å². The van der Waals surface area contributed by atoms with Gasteiger partial charge in [-0.2, -0.15) is 13.5 Å². The standard InChI is InChI=1S/C22H22N2O7S/c1-14-7-6-10-16(11-14)19(15-8-4-3-5-9-15)18(31-32(2,28)29)13-30-22(27)20-21(26)17(25)12-23-24-20/h3-12,18-19H,13H2,1-2H3,(H,23,26)(H,24,25). The van der Waals surface area contributed by atoms with Gasteiger partial charge in [0.15, 0.2) is 5.75 Å². The third kappa shape index (κ3) is 5.80. The molecule has 10 heteroatoms. The lowest BCUT2D eigenvalue weighted by Gasteiger charge is -2.27. The fourth-order valence-electron chi connectivity index (χ4n) is 3.31. The van der Waals surface area contributed by atoms with Crippen LogP contribution in [0.15, 0.2) is 65.6 Å². The molecule has 3 aromatic rings. The summed E-state index contributed by atoms with van der Waals surface area (Å²) in [7, 11) is -3.94. The van der Waals surface area contributed by atoms with Crippen LogP contribution in [-0.4, -0.2) is 48.7 Å². The first-order chi connectivity index (χ1) is 15.2. The summed E-state index contributed by atoms with van der Waals surface area (Å²) in [6.07, 6.45) is 0.703. The van der Waals surface area contributed by atoms with Crippen LogP contribution in [0.25, 0.3) is 0 Å². The normalized spacial score (nSPS) is 13.3. The topological polar surface area (TPSA) is 136 Å². The summed E-state index contributed by atoms with van der Waals surface area (Å²) in [5, 5.41) is 15.3. The highest BCUT2D eigenvalue weighted by molar-refractivity contribution is 7.86. The summed E-state index contributed by atoms with van der Waals surface area (Å²) in [4.78, 5) is 24.4. The number of benzene rings is 2. The second-order valence-corrected chi connectivity index (χ2v) is 8.79. The molecule has 2 unspecified atom stereocenters. The van der Waals surface area contributed by atoms with Crippen molar-refractivity contribution in [3.8, 4) is 5.75 Å². The highest BCUT2D eigenvalue weighted by atomic mass is 32.2. The zero-order valence-corrected chi connectivity index (χ0v) is 18.2. The van der Waals surface area contributed by atoms with Gasteiger partial charge in [0.2, 0.25) is 5.69 Å². The van der Waals surface area contributed by atoms with Gasteiger partial charge in [-0.25, -0.2) is 4.79 Å². The largest absolute Gasteiger partial charge is 0.503 e. The van der Waals surface area contributed by atoms with Crippen LogP contribution in [0.1, 0.15) is 33.1 Å². The van der Waals surface area contributed by atoms with Crippen LogP contribution in [0, 0.1) is 6.92 Å². The molecule has 2 N–H and O–H groups in total. The number of aromatic nitrogens is 2. The smallest absolute Gasteiger partial charge is 0.363 e. The van der Waals surface area contributed by atoms with E-state index >= 15 is 0 Å². The van der Waals surface area contributed by atoms with Crippen molar-refractivity contribution in [1.29, 1.82) is 0 Å². The van der Waals surface area contributed by atoms with Crippen molar-refractivity contribution >= 4 is 16.1 Å². The summed E-state index contributed by atoms with van der Waals surface area (Å²) in [5.74, 6) is -2.42. The molecule has 0 radical (unpaired) electrons. The third-order valence-electron chi connectivity index (χ3n) is 4.63. The van der Waals surface area contributed by atoms with Gasteiger partial charge in [0.1, 0.15) is 12.7 Å². The molecule has 2 atom stereocenters. The van der Waals surface area contributed by atoms with Crippen LogP contribution in [0.5, 0.6) is 5.75 Å². The molecule has 0 saturated carbocycles. The van der Waals surface area contributed by atoms with Gasteiger partial charge in [0, 0.05) is 5.92 Å². The first kappa shape index (κ1) is 23.2. The molecular weight excluding hydrogens is 436 g/mol. The van der Waals surface area contributed by atoms with Gasteiger partial charge in [-0.15, -0.1) is 0 Å². The van der Waals surface area contributed by atoms with Crippen molar-refractivity contribution in [2.45, 2.75) is 18.9 Å². The number of nitrogens with zero attached hydrogens (tertiary/aromatic N) is 1. The maximum absolute atomic E-state index is 12.4. The van der Waals surface area contributed by atoms with E-state index < -0.39 is 51.6 Å². The SMILES string of the molecule is Cc1cccc(C(c2ccccc2)C(COC(=O)c2n[nH]cc(O)c2=O)OS(C)(=O)=O)c1. The molecule has 168 valence electrons. The molecule has 3 rings (SSSR count). The van der Waals surface area contributed by atoms with Gasteiger partial charge in [0.25, 0.3) is 15.5 Å². The summed E-state index contributed by atoms with van der Waals surface area (Å²) in [6.45, 7) is 1.41. The summed E-state index contributed by atoms with van der Waals surface area (Å²) in [6, 6.07) is 16.5. The van der Waals surface area contributed by atoms with Gasteiger partial charge in [-0.1, -0.05) is 60.2 Å². The Morgan fingerprint density at radius 1 is 1.12 bits per heavy atom. The molecule has 0 bridgehead atoms. The minimum absolute atomic E-state index is 0.490. The number of aromatic amines is 1. The summed E-state index contributed by atoms with van der Waals surface area (Å²) >= 11 is 0. The predicted molar refractivity (Wildman–Crippen MR) is 116 cm³/mol. The number of carbonyl (C=O) groups excluding carboxylic acids is 1. The fourth-order valence-corrected chi connectivity index (χ4v) is 3.93. The number of aromatic hydroxyl groups is 1. The molecule has 0 aliphatic heterocycles. The van der Waals surface area contributed by atoms with Crippen molar-refractivity contribution in [2.24, 2.45) is 0 Å². The Labute approximate surface area is 184 Å². The molecule has 0 spiro atoms. The average Bonchev–Trinajstić information content (AvgIpc) is 2.74. The maximum atomic E-state index is 12.4. The van der Waals surface area contributed by atoms with Crippen molar-refractivity contribution in [3.05, 3.63) is 93.4 Å². The van der Waals surface area contributed by atoms with Crippen LogP contribution in [0.2, 0.25) is 0 Å². The van der Waals surface area contributed by atoms with E-state index in [1.807, 2.05) is 49.4 Å². The number of H-pyrrole nitrogens is 1. The Kier molecular flexibility index (Phi) is 7.06. The Morgan fingerprint density at radius 3 is 2.47 bits per heavy atom. The highest BCUT2D eigenvalue weighted by Gasteiger charge is 2.31. The third-order valence-corrected chi connectivity index (χ3v) is 5.22. The number of nitrogens with one attached hydrogen (secondary N) is 1. The minimum Gasteiger partial charge on any atom is -0.503 e. The number of ether oxygens (including phenoxy) is 1. The van der Waals surface area contributed by atoms with E-state index in [2.05, 4.69) is 10.2 Å². The molecule has 1 heterocycles. The molecule has 32 heavy (non-hydrogen) atoms. The second-order valence-electron chi connectivity index (χ2n) is 7.19. The van der Waals surface area contributed by atoms with Gasteiger partial charge < -0.3 is 9.84 Å². The van der Waals surface area contributed by atoms with Crippen LogP contribution in [0.3, 0.4) is 0 Å². The maximum Gasteiger partial charge on any atom is 0.363 e. The molecule has 0 aliphatic rings. The molecule has 1 aromatic heterocycles. The van der Waals surface area contributed by atoms with E-state index in [4.69, 9.17) is 8.92 Å². The van der Waals surface area contributed by atoms with Crippen LogP contribution < -0.4 is 5.43 Å². The van der Waals surface area contributed by atoms with Gasteiger partial charge >= 0.3 is 5.97 Å². The summed E-state index contributed by atoms with van der Waals surface area (Å²) in [5.41, 5.74) is 0.793. The second kappa shape index (κ2) is 9.75. The van der Waals surface area contributed by atoms with E-state index in [9.17, 15) is 23.1 Å². The number of hydrogen-bond acceptors (Lipinski definition) is 8. The first-order valence-corrected chi connectivity index (χ1v) is 11.4. The minimum atomic E-state index is -3.94. The molecule has 0 amide bonds. The highest BCUT2D eigenvalue weighted by Crippen LogP contribution is 2.31. The van der Waals surface area contributed by atoms with E-state index in [1.54, 1.807) is 12.1 Å². The average molecular weight is 458 g/mol. The molecule has 0 aliphatic carbocycles. The molecule has 2 aromatic carbocycles. The zero-order valence-electron chi connectivity index (χ0n) is 17.4. The van der Waals surface area contributed by atoms with Crippen LogP contribution in [-0.2, 0) is 19.0 Å². The Balaban J connectivity index is 1.98. The van der Waals surface area contributed by atoms with Crippen molar-refractivity contribution in [3.63, 3.8) is 0 Å². The Bertz CT molecular complexity index is 1260. The van der Waals surface area contributed by atoms with E-state index in [0.717, 1.165) is 29.1 Å². The molecule has 9 nitrogen and oxygen atoms in total. The Hall–Kier alpha value is -3.50. The molecule has 0 fully saturated rings. The molecular formula is C22H22N2O7S. The van der Waals surface area contributed by atoms with Gasteiger partial charge in [0.05, 0.1) is 12.5 Å². The first-order valence-electron chi connectivity index (χ1n) is 9.59. The number of esters is 1.